The molecule has 0 fully saturated rings. The number of benzene rings is 1. The first-order valence-electron chi connectivity index (χ1n) is 5.83. The second-order valence-electron chi connectivity index (χ2n) is 4.03. The fourth-order valence-electron chi connectivity index (χ4n) is 1.62. The number of furan rings is 1. The lowest BCUT2D eigenvalue weighted by atomic mass is 10.1. The minimum Gasteiger partial charge on any atom is -0.395 e. The van der Waals surface area contributed by atoms with Crippen molar-refractivity contribution in [2.45, 2.75) is 6.10 Å². The van der Waals surface area contributed by atoms with Gasteiger partial charge in [-0.3, -0.25) is 14.9 Å². The Hall–Kier alpha value is -2.67. The molecule has 0 aliphatic heterocycles. The van der Waals surface area contributed by atoms with Crippen LogP contribution < -0.4 is 5.32 Å². The summed E-state index contributed by atoms with van der Waals surface area (Å²) in [5.41, 5.74) is 0.665. The highest BCUT2D eigenvalue weighted by Crippen LogP contribution is 2.16. The molecule has 2 N–H and O–H groups in total. The zero-order valence-corrected chi connectivity index (χ0v) is 10.4. The van der Waals surface area contributed by atoms with Crippen LogP contribution in [0, 0.1) is 10.1 Å². The van der Waals surface area contributed by atoms with Gasteiger partial charge in [0.1, 0.15) is 4.92 Å². The molecule has 2 aromatic rings. The molecule has 0 bridgehead atoms. The third-order valence-electron chi connectivity index (χ3n) is 2.64. The quantitative estimate of drug-likeness (QED) is 0.638. The molecular weight excluding hydrogens is 264 g/mol. The molecule has 1 atom stereocenters. The molecular formula is C13H12N2O5. The largest absolute Gasteiger partial charge is 0.433 e. The van der Waals surface area contributed by atoms with Crippen molar-refractivity contribution in [1.82, 2.24) is 5.32 Å². The lowest BCUT2D eigenvalue weighted by Gasteiger charge is -2.11. The van der Waals surface area contributed by atoms with Crippen LogP contribution in [-0.4, -0.2) is 22.5 Å². The summed E-state index contributed by atoms with van der Waals surface area (Å²) in [6.45, 7) is -0.0165. The molecule has 20 heavy (non-hydrogen) atoms. The Labute approximate surface area is 114 Å². The molecule has 0 saturated heterocycles. The summed E-state index contributed by atoms with van der Waals surface area (Å²) in [6, 6.07) is 11.1. The number of hydrogen-bond acceptors (Lipinski definition) is 5. The number of nitrogens with zero attached hydrogens (tertiary/aromatic N) is 1. The summed E-state index contributed by atoms with van der Waals surface area (Å²) in [4.78, 5) is 21.4. The van der Waals surface area contributed by atoms with Gasteiger partial charge in [-0.25, -0.2) is 0 Å². The van der Waals surface area contributed by atoms with Gasteiger partial charge >= 0.3 is 5.88 Å². The minimum atomic E-state index is -0.856. The first-order chi connectivity index (χ1) is 9.58. The van der Waals surface area contributed by atoms with Crippen LogP contribution >= 0.6 is 0 Å². The zero-order chi connectivity index (χ0) is 14.5. The van der Waals surface area contributed by atoms with Crippen LogP contribution in [0.15, 0.2) is 46.9 Å². The van der Waals surface area contributed by atoms with Crippen LogP contribution in [0.5, 0.6) is 0 Å². The molecule has 1 aromatic heterocycles. The standard InChI is InChI=1S/C13H12N2O5/c16-10(9-4-2-1-3-5-9)8-14-13(17)11-6-7-12(20-11)15(18)19/h1-7,10,16H,8H2,(H,14,17). The molecule has 1 unspecified atom stereocenters. The Kier molecular flexibility index (Phi) is 4.11. The van der Waals surface area contributed by atoms with Crippen molar-refractivity contribution in [2.75, 3.05) is 6.54 Å². The Morgan fingerprint density at radius 2 is 2.00 bits per heavy atom. The highest BCUT2D eigenvalue weighted by atomic mass is 16.6. The van der Waals surface area contributed by atoms with E-state index in [4.69, 9.17) is 4.42 Å². The Bertz CT molecular complexity index is 608. The van der Waals surface area contributed by atoms with Crippen LogP contribution in [0.1, 0.15) is 22.2 Å². The third-order valence-corrected chi connectivity index (χ3v) is 2.64. The molecule has 0 aliphatic carbocycles. The Morgan fingerprint density at radius 1 is 1.30 bits per heavy atom. The van der Waals surface area contributed by atoms with Gasteiger partial charge in [0.2, 0.25) is 0 Å². The number of aliphatic hydroxyl groups is 1. The topological polar surface area (TPSA) is 106 Å². The molecule has 2 rings (SSSR count). The van der Waals surface area contributed by atoms with Crippen molar-refractivity contribution in [3.63, 3.8) is 0 Å². The number of carbonyl (C=O) groups is 1. The van der Waals surface area contributed by atoms with E-state index in [2.05, 4.69) is 5.32 Å². The predicted molar refractivity (Wildman–Crippen MR) is 69.1 cm³/mol. The highest BCUT2D eigenvalue weighted by molar-refractivity contribution is 5.91. The van der Waals surface area contributed by atoms with E-state index in [0.29, 0.717) is 5.56 Å². The van der Waals surface area contributed by atoms with Gasteiger partial charge < -0.3 is 14.8 Å². The summed E-state index contributed by atoms with van der Waals surface area (Å²) in [5, 5.41) is 22.7. The van der Waals surface area contributed by atoms with Gasteiger partial charge in [0.05, 0.1) is 12.2 Å². The van der Waals surface area contributed by atoms with E-state index >= 15 is 0 Å². The fourth-order valence-corrected chi connectivity index (χ4v) is 1.62. The fraction of sp³-hybridized carbons (Fsp3) is 0.154. The van der Waals surface area contributed by atoms with Crippen molar-refractivity contribution in [3.05, 3.63) is 63.9 Å². The first kappa shape index (κ1) is 13.8. The monoisotopic (exact) mass is 276 g/mol. The molecule has 7 nitrogen and oxygen atoms in total. The van der Waals surface area contributed by atoms with Crippen LogP contribution in [0.2, 0.25) is 0 Å². The average molecular weight is 276 g/mol. The van der Waals surface area contributed by atoms with Gasteiger partial charge in [-0.1, -0.05) is 30.3 Å². The molecule has 0 saturated carbocycles. The second-order valence-corrected chi connectivity index (χ2v) is 4.03. The van der Waals surface area contributed by atoms with E-state index in [1.54, 1.807) is 24.3 Å². The van der Waals surface area contributed by atoms with E-state index in [1.165, 1.54) is 6.07 Å². The lowest BCUT2D eigenvalue weighted by molar-refractivity contribution is -0.402. The van der Waals surface area contributed by atoms with Gasteiger partial charge in [0, 0.05) is 6.54 Å². The van der Waals surface area contributed by atoms with Gasteiger partial charge in [-0.2, -0.15) is 0 Å². The smallest absolute Gasteiger partial charge is 0.395 e. The lowest BCUT2D eigenvalue weighted by Crippen LogP contribution is -2.28. The Morgan fingerprint density at radius 3 is 2.60 bits per heavy atom. The minimum absolute atomic E-state index is 0.0165. The van der Waals surface area contributed by atoms with E-state index in [0.717, 1.165) is 6.07 Å². The molecule has 104 valence electrons. The number of nitro groups is 1. The Balaban J connectivity index is 1.93. The number of rotatable bonds is 5. The average Bonchev–Trinajstić information content (AvgIpc) is 2.95. The normalized spacial score (nSPS) is 11.8. The number of aliphatic hydroxyl groups excluding tert-OH is 1. The number of amides is 1. The SMILES string of the molecule is O=C(NCC(O)c1ccccc1)c1ccc([N+](=O)[O-])o1. The number of nitrogens with one attached hydrogen (secondary N) is 1. The summed E-state index contributed by atoms with van der Waals surface area (Å²) in [7, 11) is 0. The van der Waals surface area contributed by atoms with Crippen LogP contribution in [0.25, 0.3) is 0 Å². The van der Waals surface area contributed by atoms with E-state index < -0.39 is 22.8 Å². The maximum absolute atomic E-state index is 11.7. The molecule has 0 radical (unpaired) electrons. The van der Waals surface area contributed by atoms with Gasteiger partial charge in [-0.05, 0) is 11.6 Å². The van der Waals surface area contributed by atoms with Crippen molar-refractivity contribution in [3.8, 4) is 0 Å². The van der Waals surface area contributed by atoms with E-state index in [-0.39, 0.29) is 12.3 Å². The second kappa shape index (κ2) is 5.98. The van der Waals surface area contributed by atoms with Crippen molar-refractivity contribution < 1.29 is 19.2 Å². The molecule has 7 heteroatoms. The summed E-state index contributed by atoms with van der Waals surface area (Å²) in [6.07, 6.45) is -0.856. The predicted octanol–water partition coefficient (Wildman–Crippen LogP) is 1.65. The maximum Gasteiger partial charge on any atom is 0.433 e. The number of hydrogen-bond donors (Lipinski definition) is 2. The summed E-state index contributed by atoms with van der Waals surface area (Å²) >= 11 is 0. The zero-order valence-electron chi connectivity index (χ0n) is 10.4. The first-order valence-corrected chi connectivity index (χ1v) is 5.83. The van der Waals surface area contributed by atoms with Crippen molar-refractivity contribution >= 4 is 11.8 Å². The molecule has 1 heterocycles. The highest BCUT2D eigenvalue weighted by Gasteiger charge is 2.18. The van der Waals surface area contributed by atoms with E-state index in [1.807, 2.05) is 6.07 Å². The van der Waals surface area contributed by atoms with Crippen molar-refractivity contribution in [2.24, 2.45) is 0 Å². The van der Waals surface area contributed by atoms with Crippen molar-refractivity contribution in [1.29, 1.82) is 0 Å². The number of carbonyl (C=O) groups excluding carboxylic acids is 1. The van der Waals surface area contributed by atoms with Gasteiger partial charge in [0.25, 0.3) is 5.91 Å². The van der Waals surface area contributed by atoms with Crippen LogP contribution in [0.3, 0.4) is 0 Å². The van der Waals surface area contributed by atoms with Crippen LogP contribution in [0.4, 0.5) is 5.88 Å². The third kappa shape index (κ3) is 3.21. The summed E-state index contributed by atoms with van der Waals surface area (Å²) in [5.74, 6) is -1.29. The van der Waals surface area contributed by atoms with Crippen LogP contribution in [-0.2, 0) is 0 Å². The molecule has 0 aliphatic rings. The van der Waals surface area contributed by atoms with Gasteiger partial charge in [-0.15, -0.1) is 0 Å². The van der Waals surface area contributed by atoms with E-state index in [9.17, 15) is 20.0 Å². The molecule has 1 amide bonds. The summed E-state index contributed by atoms with van der Waals surface area (Å²) < 4.78 is 4.75. The molecule has 0 spiro atoms. The van der Waals surface area contributed by atoms with Gasteiger partial charge in [0.15, 0.2) is 5.76 Å². The maximum atomic E-state index is 11.7. The molecule has 1 aromatic carbocycles.